The van der Waals surface area contributed by atoms with E-state index in [0.29, 0.717) is 18.0 Å². The summed E-state index contributed by atoms with van der Waals surface area (Å²) in [6, 6.07) is 10.2. The van der Waals surface area contributed by atoms with Gasteiger partial charge in [-0.15, -0.1) is 0 Å². The molecule has 1 unspecified atom stereocenters. The second-order valence-electron chi connectivity index (χ2n) is 7.30. The van der Waals surface area contributed by atoms with Crippen LogP contribution in [0.1, 0.15) is 37.3 Å². The summed E-state index contributed by atoms with van der Waals surface area (Å²) in [5.41, 5.74) is 3.43. The minimum atomic E-state index is 0.322. The Morgan fingerprint density at radius 1 is 1.07 bits per heavy atom. The molecule has 1 aromatic carbocycles. The summed E-state index contributed by atoms with van der Waals surface area (Å²) in [4.78, 5) is 14.6. The summed E-state index contributed by atoms with van der Waals surface area (Å²) in [6.07, 6.45) is 8.57. The Morgan fingerprint density at radius 2 is 1.89 bits per heavy atom. The molecule has 6 nitrogen and oxygen atoms in total. The number of hydrogen-bond donors (Lipinski definition) is 2. The molecule has 3 aromatic rings. The largest absolute Gasteiger partial charge is 0.376 e. The van der Waals surface area contributed by atoms with Crippen LogP contribution in [0.2, 0.25) is 0 Å². The number of hydrogen-bond acceptors (Lipinski definition) is 7. The first-order valence-electron chi connectivity index (χ1n) is 9.86. The first-order valence-corrected chi connectivity index (χ1v) is 10.7. The van der Waals surface area contributed by atoms with Crippen molar-refractivity contribution in [2.75, 3.05) is 23.8 Å². The molecule has 2 fully saturated rings. The fourth-order valence-electron chi connectivity index (χ4n) is 3.45. The van der Waals surface area contributed by atoms with E-state index in [1.165, 1.54) is 29.0 Å². The molecule has 2 N–H and O–H groups in total. The lowest BCUT2D eigenvalue weighted by Crippen LogP contribution is -2.18. The fourth-order valence-corrected chi connectivity index (χ4v) is 4.52. The van der Waals surface area contributed by atoms with E-state index in [4.69, 9.17) is 9.72 Å². The zero-order valence-electron chi connectivity index (χ0n) is 15.6. The molecule has 0 radical (unpaired) electrons. The van der Waals surface area contributed by atoms with Crippen LogP contribution >= 0.6 is 11.3 Å². The molecule has 3 heterocycles. The van der Waals surface area contributed by atoms with E-state index in [2.05, 4.69) is 44.9 Å². The third-order valence-corrected chi connectivity index (χ3v) is 6.17. The molecule has 0 amide bonds. The average Bonchev–Trinajstić information content (AvgIpc) is 3.27. The quantitative estimate of drug-likeness (QED) is 0.600. The van der Waals surface area contributed by atoms with E-state index < -0.39 is 0 Å². The number of nitrogens with zero attached hydrogens (tertiary/aromatic N) is 3. The van der Waals surface area contributed by atoms with Gasteiger partial charge in [0.05, 0.1) is 16.7 Å². The third kappa shape index (κ3) is 4.00. The van der Waals surface area contributed by atoms with Crippen molar-refractivity contribution in [3.8, 4) is 10.4 Å². The van der Waals surface area contributed by atoms with Gasteiger partial charge in [-0.3, -0.25) is 0 Å². The number of nitrogens with one attached hydrogen (secondary N) is 2. The molecular weight excluding hydrogens is 370 g/mol. The number of thiazole rings is 1. The van der Waals surface area contributed by atoms with E-state index in [0.717, 1.165) is 36.8 Å². The van der Waals surface area contributed by atoms with Gasteiger partial charge in [0.25, 0.3) is 0 Å². The number of aromatic nitrogens is 3. The van der Waals surface area contributed by atoms with Gasteiger partial charge < -0.3 is 15.4 Å². The van der Waals surface area contributed by atoms with Crippen molar-refractivity contribution in [2.24, 2.45) is 0 Å². The van der Waals surface area contributed by atoms with Gasteiger partial charge in [0.1, 0.15) is 0 Å². The first-order chi connectivity index (χ1) is 13.8. The van der Waals surface area contributed by atoms with Crippen molar-refractivity contribution in [2.45, 2.75) is 37.7 Å². The van der Waals surface area contributed by atoms with Gasteiger partial charge >= 0.3 is 0 Å². The van der Waals surface area contributed by atoms with E-state index in [9.17, 15) is 0 Å². The van der Waals surface area contributed by atoms with Gasteiger partial charge in [-0.05, 0) is 49.4 Å². The molecule has 1 atom stereocenters. The second-order valence-corrected chi connectivity index (χ2v) is 8.30. The molecule has 1 saturated heterocycles. The maximum atomic E-state index is 5.72. The summed E-state index contributed by atoms with van der Waals surface area (Å²) >= 11 is 1.75. The zero-order chi connectivity index (χ0) is 18.8. The lowest BCUT2D eigenvalue weighted by Gasteiger charge is -2.09. The number of benzene rings is 1. The Kier molecular flexibility index (Phi) is 4.93. The van der Waals surface area contributed by atoms with Crippen LogP contribution in [-0.4, -0.2) is 34.2 Å². The van der Waals surface area contributed by atoms with E-state index in [1.807, 2.05) is 6.07 Å². The first kappa shape index (κ1) is 17.6. The maximum absolute atomic E-state index is 5.72. The highest BCUT2D eigenvalue weighted by molar-refractivity contribution is 7.19. The molecule has 0 bridgehead atoms. The highest BCUT2D eigenvalue weighted by Crippen LogP contribution is 2.47. The highest BCUT2D eigenvalue weighted by Gasteiger charge is 2.30. The minimum Gasteiger partial charge on any atom is -0.376 e. The summed E-state index contributed by atoms with van der Waals surface area (Å²) < 4.78 is 5.72. The lowest BCUT2D eigenvalue weighted by atomic mass is 10.1. The van der Waals surface area contributed by atoms with Crippen LogP contribution in [-0.2, 0) is 4.74 Å². The summed E-state index contributed by atoms with van der Waals surface area (Å²) in [5.74, 6) is 1.22. The van der Waals surface area contributed by atoms with Crippen molar-refractivity contribution >= 4 is 28.1 Å². The Bertz CT molecular complexity index is 918. The van der Waals surface area contributed by atoms with Crippen molar-refractivity contribution in [1.82, 2.24) is 15.0 Å². The van der Waals surface area contributed by atoms with Crippen molar-refractivity contribution in [3.63, 3.8) is 0 Å². The second kappa shape index (κ2) is 7.85. The van der Waals surface area contributed by atoms with Crippen LogP contribution in [0.25, 0.3) is 10.4 Å². The summed E-state index contributed by atoms with van der Waals surface area (Å²) in [7, 11) is 0. The van der Waals surface area contributed by atoms with Crippen LogP contribution in [0.3, 0.4) is 0 Å². The van der Waals surface area contributed by atoms with Gasteiger partial charge in [-0.2, -0.15) is 0 Å². The molecule has 144 valence electrons. The fraction of sp³-hybridized carbons (Fsp3) is 0.381. The molecule has 1 aliphatic heterocycles. The van der Waals surface area contributed by atoms with Crippen LogP contribution in [0.5, 0.6) is 0 Å². The number of ether oxygens (including phenoxy) is 1. The van der Waals surface area contributed by atoms with Crippen molar-refractivity contribution in [1.29, 1.82) is 0 Å². The summed E-state index contributed by atoms with van der Waals surface area (Å²) in [6.45, 7) is 1.73. The monoisotopic (exact) mass is 393 g/mol. The van der Waals surface area contributed by atoms with Gasteiger partial charge in [0, 0.05) is 37.2 Å². The predicted octanol–water partition coefficient (Wildman–Crippen LogP) is 4.81. The topological polar surface area (TPSA) is 72.0 Å². The normalized spacial score (nSPS) is 18.9. The Balaban J connectivity index is 1.33. The molecule has 2 aliphatic rings. The molecule has 28 heavy (non-hydrogen) atoms. The predicted molar refractivity (Wildman–Crippen MR) is 112 cm³/mol. The molecule has 2 aromatic heterocycles. The van der Waals surface area contributed by atoms with Crippen LogP contribution < -0.4 is 10.6 Å². The van der Waals surface area contributed by atoms with Gasteiger partial charge in [0.15, 0.2) is 5.13 Å². The van der Waals surface area contributed by atoms with Crippen LogP contribution in [0.15, 0.2) is 42.7 Å². The smallest absolute Gasteiger partial charge is 0.227 e. The third-order valence-electron chi connectivity index (χ3n) is 5.09. The van der Waals surface area contributed by atoms with Crippen molar-refractivity contribution in [3.05, 3.63) is 48.4 Å². The van der Waals surface area contributed by atoms with Gasteiger partial charge in [-0.25, -0.2) is 15.0 Å². The summed E-state index contributed by atoms with van der Waals surface area (Å²) in [5, 5.41) is 7.73. The standard InChI is InChI=1S/C21H23N5OS/c1-3-17(27-12-1)13-24-21-26-18(14-4-5-14)19(28-21)15-6-8-16(9-7-15)25-20-22-10-2-11-23-20/h2,6-11,14,17H,1,3-5,12-13H2,(H,24,26)(H,22,23,25). The maximum Gasteiger partial charge on any atom is 0.227 e. The van der Waals surface area contributed by atoms with E-state index in [1.54, 1.807) is 23.7 Å². The van der Waals surface area contributed by atoms with E-state index >= 15 is 0 Å². The molecule has 1 saturated carbocycles. The minimum absolute atomic E-state index is 0.322. The molecule has 0 spiro atoms. The Hall–Kier alpha value is -2.51. The highest BCUT2D eigenvalue weighted by atomic mass is 32.1. The van der Waals surface area contributed by atoms with Crippen molar-refractivity contribution < 1.29 is 4.74 Å². The molecule has 5 rings (SSSR count). The van der Waals surface area contributed by atoms with Crippen LogP contribution in [0, 0.1) is 0 Å². The zero-order valence-corrected chi connectivity index (χ0v) is 16.4. The van der Waals surface area contributed by atoms with Gasteiger partial charge in [-0.1, -0.05) is 23.5 Å². The molecule has 1 aliphatic carbocycles. The number of anilines is 3. The molecular formula is C21H23N5OS. The lowest BCUT2D eigenvalue weighted by molar-refractivity contribution is 0.120. The number of rotatable bonds is 7. The van der Waals surface area contributed by atoms with Crippen LogP contribution in [0.4, 0.5) is 16.8 Å². The van der Waals surface area contributed by atoms with Gasteiger partial charge in [0.2, 0.25) is 5.95 Å². The Labute approximate surface area is 168 Å². The average molecular weight is 394 g/mol. The SMILES string of the molecule is c1cnc(Nc2ccc(-c3sc(NCC4CCCO4)nc3C3CC3)cc2)nc1. The Morgan fingerprint density at radius 3 is 2.61 bits per heavy atom. The molecule has 7 heteroatoms. The van der Waals surface area contributed by atoms with E-state index in [-0.39, 0.29) is 0 Å².